The summed E-state index contributed by atoms with van der Waals surface area (Å²) >= 11 is 1.00. The molecule has 0 bridgehead atoms. The zero-order chi connectivity index (χ0) is 27.5. The maximum atomic E-state index is 12.4. The molecule has 1 saturated heterocycles. The Morgan fingerprint density at radius 3 is 2.51 bits per heavy atom. The van der Waals surface area contributed by atoms with Gasteiger partial charge >= 0.3 is 11.0 Å². The van der Waals surface area contributed by atoms with Crippen LogP contribution in [0.25, 0.3) is 0 Å². The van der Waals surface area contributed by atoms with Gasteiger partial charge < -0.3 is 19.3 Å². The highest BCUT2D eigenvalue weighted by atomic mass is 32.1. The third-order valence-corrected chi connectivity index (χ3v) is 7.69. The molecule has 0 aliphatic carbocycles. The van der Waals surface area contributed by atoms with Gasteiger partial charge in [0.25, 0.3) is 0 Å². The highest BCUT2D eigenvalue weighted by Gasteiger charge is 2.34. The zero-order valence-corrected chi connectivity index (χ0v) is 23.3. The summed E-state index contributed by atoms with van der Waals surface area (Å²) in [6, 6.07) is 17.9. The summed E-state index contributed by atoms with van der Waals surface area (Å²) in [4.78, 5) is 28.1. The molecule has 1 aliphatic rings. The van der Waals surface area contributed by atoms with Crippen LogP contribution < -0.4 is 9.61 Å². The molecule has 8 nitrogen and oxygen atoms in total. The van der Waals surface area contributed by atoms with E-state index in [1.165, 1.54) is 24.8 Å². The first-order valence-electron chi connectivity index (χ1n) is 13.7. The lowest BCUT2D eigenvalue weighted by Crippen LogP contribution is -2.38. The molecule has 1 aliphatic heterocycles. The Morgan fingerprint density at radius 1 is 1.03 bits per heavy atom. The van der Waals surface area contributed by atoms with Gasteiger partial charge in [0.2, 0.25) is 5.88 Å². The highest BCUT2D eigenvalue weighted by molar-refractivity contribution is 7.09. The normalized spacial score (nSPS) is 15.9. The molecule has 4 rings (SSSR count). The van der Waals surface area contributed by atoms with E-state index in [0.29, 0.717) is 43.4 Å². The molecule has 210 valence electrons. The van der Waals surface area contributed by atoms with Crippen LogP contribution in [-0.4, -0.2) is 59.6 Å². The summed E-state index contributed by atoms with van der Waals surface area (Å²) in [5.74, 6) is 0.607. The number of hydrogen-bond donors (Lipinski definition) is 2. The Morgan fingerprint density at radius 2 is 1.77 bits per heavy atom. The fourth-order valence-corrected chi connectivity index (χ4v) is 5.34. The summed E-state index contributed by atoms with van der Waals surface area (Å²) in [5.41, 5.74) is 2.36. The minimum atomic E-state index is -0.334. The van der Waals surface area contributed by atoms with Crippen LogP contribution >= 0.6 is 11.3 Å². The Labute approximate surface area is 233 Å². The predicted octanol–water partition coefficient (Wildman–Crippen LogP) is 5.53. The molecule has 39 heavy (non-hydrogen) atoms. The number of thiazole rings is 1. The maximum Gasteiger partial charge on any atom is 0.410 e. The van der Waals surface area contributed by atoms with Gasteiger partial charge in [-0.3, -0.25) is 14.7 Å². The van der Waals surface area contributed by atoms with Crippen molar-refractivity contribution in [2.75, 3.05) is 26.4 Å². The Bertz CT molecular complexity index is 1210. The van der Waals surface area contributed by atoms with Crippen molar-refractivity contribution in [3.8, 4) is 11.6 Å². The number of aromatic hydroxyl groups is 1. The lowest BCUT2D eigenvalue weighted by molar-refractivity contribution is 0.0443. The first-order chi connectivity index (χ1) is 19.0. The minimum absolute atomic E-state index is 0.0782. The average Bonchev–Trinajstić information content (AvgIpc) is 3.47. The molecule has 1 fully saturated rings. The lowest BCUT2D eigenvalue weighted by Gasteiger charge is -2.22. The van der Waals surface area contributed by atoms with E-state index < -0.39 is 0 Å². The number of carbonyl (C=O) groups excluding carboxylic acids is 1. The van der Waals surface area contributed by atoms with Crippen LogP contribution in [0.5, 0.6) is 11.6 Å². The molecular weight excluding hydrogens is 516 g/mol. The molecule has 0 saturated carbocycles. The number of aromatic amines is 1. The summed E-state index contributed by atoms with van der Waals surface area (Å²) in [7, 11) is 0. The van der Waals surface area contributed by atoms with Crippen molar-refractivity contribution in [1.29, 1.82) is 0 Å². The van der Waals surface area contributed by atoms with Gasteiger partial charge in [-0.15, -0.1) is 0 Å². The van der Waals surface area contributed by atoms with E-state index in [0.717, 1.165) is 36.2 Å². The molecule has 9 heteroatoms. The number of cyclic esters (lactones) is 1. The van der Waals surface area contributed by atoms with Crippen molar-refractivity contribution in [2.45, 2.75) is 64.0 Å². The fourth-order valence-electron chi connectivity index (χ4n) is 4.58. The van der Waals surface area contributed by atoms with Gasteiger partial charge in [0.05, 0.1) is 24.1 Å². The van der Waals surface area contributed by atoms with Crippen LogP contribution in [0.1, 0.15) is 55.0 Å². The number of H-pyrrole nitrogens is 1. The van der Waals surface area contributed by atoms with Crippen molar-refractivity contribution in [2.24, 2.45) is 0 Å². The number of unbranched alkanes of at least 4 members (excludes halogenated alkanes) is 4. The van der Waals surface area contributed by atoms with E-state index >= 15 is 0 Å². The molecule has 0 spiro atoms. The van der Waals surface area contributed by atoms with E-state index in [1.807, 2.05) is 31.2 Å². The van der Waals surface area contributed by atoms with E-state index in [4.69, 9.17) is 14.2 Å². The standard InChI is InChI=1S/C30H38N2O6S/c1-22(20-37-25-15-13-24(14-16-25)18-27-28(33)31-29(34)39-27)32-19-26(38-30(32)35)21-36-17-9-4-2-3-6-10-23-11-7-5-8-12-23/h5,7-8,11-16,22,26,33H,2-4,6,9-10,17-21H2,1H3,(H,31,34). The smallest absolute Gasteiger partial charge is 0.410 e. The highest BCUT2D eigenvalue weighted by Crippen LogP contribution is 2.22. The fraction of sp³-hybridized carbons (Fsp3) is 0.467. The van der Waals surface area contributed by atoms with Gasteiger partial charge in [-0.1, -0.05) is 73.1 Å². The van der Waals surface area contributed by atoms with Gasteiger partial charge in [0.1, 0.15) is 18.5 Å². The van der Waals surface area contributed by atoms with Crippen LogP contribution in [-0.2, 0) is 22.3 Å². The van der Waals surface area contributed by atoms with Crippen LogP contribution in [0, 0.1) is 0 Å². The third kappa shape index (κ3) is 9.14. The monoisotopic (exact) mass is 554 g/mol. The maximum absolute atomic E-state index is 12.4. The predicted molar refractivity (Wildman–Crippen MR) is 152 cm³/mol. The number of aromatic nitrogens is 1. The molecule has 2 unspecified atom stereocenters. The van der Waals surface area contributed by atoms with Crippen LogP contribution in [0.2, 0.25) is 0 Å². The van der Waals surface area contributed by atoms with Crippen LogP contribution in [0.3, 0.4) is 0 Å². The second kappa shape index (κ2) is 14.7. The molecule has 2 N–H and O–H groups in total. The number of rotatable bonds is 16. The van der Waals surface area contributed by atoms with Crippen molar-refractivity contribution in [1.82, 2.24) is 9.88 Å². The third-order valence-electron chi connectivity index (χ3n) is 6.81. The molecule has 0 radical (unpaired) electrons. The summed E-state index contributed by atoms with van der Waals surface area (Å²) in [6.07, 6.45) is 6.84. The van der Waals surface area contributed by atoms with Gasteiger partial charge in [0.15, 0.2) is 0 Å². The first kappa shape index (κ1) is 28.7. The summed E-state index contributed by atoms with van der Waals surface area (Å²) in [6.45, 7) is 3.87. The van der Waals surface area contributed by atoms with Crippen molar-refractivity contribution in [3.05, 3.63) is 80.3 Å². The second-order valence-electron chi connectivity index (χ2n) is 10.0. The molecule has 1 aromatic heterocycles. The Balaban J connectivity index is 1.07. The average molecular weight is 555 g/mol. The number of ether oxygens (including phenoxy) is 3. The molecule has 2 heterocycles. The zero-order valence-electron chi connectivity index (χ0n) is 22.5. The number of amides is 1. The van der Waals surface area contributed by atoms with Gasteiger partial charge in [-0.25, -0.2) is 4.79 Å². The van der Waals surface area contributed by atoms with E-state index in [-0.39, 0.29) is 29.0 Å². The number of nitrogens with zero attached hydrogens (tertiary/aromatic N) is 1. The Hall–Kier alpha value is -3.30. The summed E-state index contributed by atoms with van der Waals surface area (Å²) < 4.78 is 17.2. The summed E-state index contributed by atoms with van der Waals surface area (Å²) in [5, 5.41) is 9.76. The van der Waals surface area contributed by atoms with Gasteiger partial charge in [0, 0.05) is 13.0 Å². The van der Waals surface area contributed by atoms with Crippen molar-refractivity contribution < 1.29 is 24.1 Å². The van der Waals surface area contributed by atoms with E-state index in [9.17, 15) is 14.7 Å². The number of nitrogens with one attached hydrogen (secondary N) is 1. The van der Waals surface area contributed by atoms with Crippen LogP contribution in [0.15, 0.2) is 59.4 Å². The molecule has 1 amide bonds. The molecule has 3 aromatic rings. The SMILES string of the molecule is CC(COc1ccc(Cc2sc(=O)[nH]c2O)cc1)N1CC(COCCCCCCCc2ccccc2)OC1=O. The molecule has 2 aromatic carbocycles. The number of hydrogen-bond acceptors (Lipinski definition) is 7. The van der Waals surface area contributed by atoms with Gasteiger partial charge in [-0.2, -0.15) is 0 Å². The van der Waals surface area contributed by atoms with Crippen molar-refractivity contribution in [3.63, 3.8) is 0 Å². The quantitative estimate of drug-likeness (QED) is 0.226. The number of aryl methyl sites for hydroxylation is 1. The van der Waals surface area contributed by atoms with Crippen LogP contribution in [0.4, 0.5) is 4.79 Å². The van der Waals surface area contributed by atoms with Gasteiger partial charge in [-0.05, 0) is 49.4 Å². The lowest BCUT2D eigenvalue weighted by atomic mass is 10.1. The topological polar surface area (TPSA) is 101 Å². The number of benzene rings is 2. The molecule has 2 atom stereocenters. The Kier molecular flexibility index (Phi) is 10.9. The van der Waals surface area contributed by atoms with Crippen molar-refractivity contribution >= 4 is 17.4 Å². The van der Waals surface area contributed by atoms with E-state index in [2.05, 4.69) is 35.3 Å². The minimum Gasteiger partial charge on any atom is -0.494 e. The second-order valence-corrected chi connectivity index (χ2v) is 11.1. The largest absolute Gasteiger partial charge is 0.494 e. The van der Waals surface area contributed by atoms with E-state index in [1.54, 1.807) is 4.90 Å². The number of carbonyl (C=O) groups is 1. The molecular formula is C30H38N2O6S. The first-order valence-corrected chi connectivity index (χ1v) is 14.5.